The Balaban J connectivity index is 1.63. The summed E-state index contributed by atoms with van der Waals surface area (Å²) in [5.41, 5.74) is 0.700. The zero-order valence-corrected chi connectivity index (χ0v) is 16.0. The molecule has 0 fully saturated rings. The summed E-state index contributed by atoms with van der Waals surface area (Å²) in [6, 6.07) is 17.1. The standard InChI is InChI=1S/C19H18ClN3O2S/c1-13(26-14-8-4-3-5-9-14)19(24)23(2)12-17-21-18(22-25-17)15-10-6-7-11-16(15)20/h3-11,13H,12H2,1-2H3/t13-/m1/s1. The molecule has 0 spiro atoms. The Hall–Kier alpha value is -2.31. The normalized spacial score (nSPS) is 12.0. The Morgan fingerprint density at radius 1 is 1.19 bits per heavy atom. The molecule has 1 atom stereocenters. The Morgan fingerprint density at radius 2 is 1.88 bits per heavy atom. The quantitative estimate of drug-likeness (QED) is 0.581. The maximum Gasteiger partial charge on any atom is 0.246 e. The highest BCUT2D eigenvalue weighted by molar-refractivity contribution is 8.00. The minimum atomic E-state index is -0.214. The molecule has 134 valence electrons. The molecule has 0 aliphatic rings. The molecule has 2 aromatic carbocycles. The van der Waals surface area contributed by atoms with E-state index >= 15 is 0 Å². The van der Waals surface area contributed by atoms with Crippen molar-refractivity contribution in [1.82, 2.24) is 15.0 Å². The van der Waals surface area contributed by atoms with E-state index in [1.54, 1.807) is 18.0 Å². The zero-order chi connectivity index (χ0) is 18.5. The molecule has 0 saturated carbocycles. The van der Waals surface area contributed by atoms with Crippen molar-refractivity contribution in [3.8, 4) is 11.4 Å². The molecule has 7 heteroatoms. The second-order valence-corrected chi connectivity index (χ2v) is 7.58. The molecule has 0 radical (unpaired) electrons. The van der Waals surface area contributed by atoms with E-state index in [4.69, 9.17) is 16.1 Å². The Bertz CT molecular complexity index is 885. The first-order chi connectivity index (χ1) is 12.5. The number of carbonyl (C=O) groups is 1. The fourth-order valence-electron chi connectivity index (χ4n) is 2.42. The van der Waals surface area contributed by atoms with Crippen LogP contribution in [0.15, 0.2) is 64.0 Å². The molecule has 1 heterocycles. The summed E-state index contributed by atoms with van der Waals surface area (Å²) < 4.78 is 5.27. The number of hydrogen-bond acceptors (Lipinski definition) is 5. The van der Waals surface area contributed by atoms with Gasteiger partial charge in [0.25, 0.3) is 0 Å². The van der Waals surface area contributed by atoms with Crippen molar-refractivity contribution in [2.24, 2.45) is 0 Å². The SMILES string of the molecule is C[C@@H](Sc1ccccc1)C(=O)N(C)Cc1nc(-c2ccccc2Cl)no1. The first-order valence-electron chi connectivity index (χ1n) is 8.09. The first kappa shape index (κ1) is 18.5. The van der Waals surface area contributed by atoms with Crippen LogP contribution < -0.4 is 0 Å². The van der Waals surface area contributed by atoms with Gasteiger partial charge in [-0.05, 0) is 31.2 Å². The minimum Gasteiger partial charge on any atom is -0.337 e. The van der Waals surface area contributed by atoms with Crippen LogP contribution in [0.4, 0.5) is 0 Å². The van der Waals surface area contributed by atoms with Crippen molar-refractivity contribution < 1.29 is 9.32 Å². The van der Waals surface area contributed by atoms with E-state index in [2.05, 4.69) is 10.1 Å². The second kappa shape index (κ2) is 8.38. The van der Waals surface area contributed by atoms with E-state index in [9.17, 15) is 4.79 Å². The van der Waals surface area contributed by atoms with Gasteiger partial charge in [0.05, 0.1) is 16.8 Å². The van der Waals surface area contributed by atoms with Crippen LogP contribution in [0.25, 0.3) is 11.4 Å². The average Bonchev–Trinajstić information content (AvgIpc) is 3.10. The van der Waals surface area contributed by atoms with Gasteiger partial charge in [0.2, 0.25) is 17.6 Å². The predicted molar refractivity (Wildman–Crippen MR) is 103 cm³/mol. The van der Waals surface area contributed by atoms with E-state index in [1.807, 2.05) is 55.5 Å². The van der Waals surface area contributed by atoms with Crippen LogP contribution in [-0.2, 0) is 11.3 Å². The molecule has 1 aromatic heterocycles. The van der Waals surface area contributed by atoms with Crippen LogP contribution in [0.2, 0.25) is 5.02 Å². The Morgan fingerprint density at radius 3 is 2.62 bits per heavy atom. The fourth-order valence-corrected chi connectivity index (χ4v) is 3.64. The summed E-state index contributed by atoms with van der Waals surface area (Å²) in [5.74, 6) is 0.780. The summed E-state index contributed by atoms with van der Waals surface area (Å²) in [7, 11) is 1.73. The van der Waals surface area contributed by atoms with Gasteiger partial charge in [0.1, 0.15) is 0 Å². The molecular weight excluding hydrogens is 370 g/mol. The average molecular weight is 388 g/mol. The number of aromatic nitrogens is 2. The molecule has 0 aliphatic carbocycles. The third-order valence-corrected chi connectivity index (χ3v) is 5.16. The van der Waals surface area contributed by atoms with Gasteiger partial charge in [-0.15, -0.1) is 11.8 Å². The summed E-state index contributed by atoms with van der Waals surface area (Å²) in [6.07, 6.45) is 0. The number of amides is 1. The highest BCUT2D eigenvalue weighted by atomic mass is 35.5. The van der Waals surface area contributed by atoms with Crippen LogP contribution in [-0.4, -0.2) is 33.2 Å². The van der Waals surface area contributed by atoms with Crippen LogP contribution in [0.3, 0.4) is 0 Å². The number of halogens is 1. The number of benzene rings is 2. The number of carbonyl (C=O) groups excluding carboxylic acids is 1. The third kappa shape index (κ3) is 4.45. The summed E-state index contributed by atoms with van der Waals surface area (Å²) in [5, 5.41) is 4.30. The van der Waals surface area contributed by atoms with Crippen LogP contribution in [0.5, 0.6) is 0 Å². The van der Waals surface area contributed by atoms with Gasteiger partial charge in [-0.2, -0.15) is 4.98 Å². The van der Waals surface area contributed by atoms with E-state index in [0.29, 0.717) is 22.3 Å². The maximum atomic E-state index is 12.6. The third-order valence-electron chi connectivity index (χ3n) is 3.74. The lowest BCUT2D eigenvalue weighted by Crippen LogP contribution is -2.32. The van der Waals surface area contributed by atoms with E-state index in [1.165, 1.54) is 11.8 Å². The van der Waals surface area contributed by atoms with Crippen molar-refractivity contribution in [3.63, 3.8) is 0 Å². The first-order valence-corrected chi connectivity index (χ1v) is 9.34. The highest BCUT2D eigenvalue weighted by Gasteiger charge is 2.21. The van der Waals surface area contributed by atoms with Gasteiger partial charge in [0, 0.05) is 17.5 Å². The largest absolute Gasteiger partial charge is 0.337 e. The number of rotatable bonds is 6. The molecule has 3 rings (SSSR count). The smallest absolute Gasteiger partial charge is 0.246 e. The molecule has 26 heavy (non-hydrogen) atoms. The van der Waals surface area contributed by atoms with Crippen molar-refractivity contribution in [2.45, 2.75) is 23.6 Å². The number of nitrogens with zero attached hydrogens (tertiary/aromatic N) is 3. The molecule has 0 unspecified atom stereocenters. The Kier molecular flexibility index (Phi) is 5.96. The topological polar surface area (TPSA) is 59.2 Å². The van der Waals surface area contributed by atoms with E-state index in [-0.39, 0.29) is 17.7 Å². The summed E-state index contributed by atoms with van der Waals surface area (Å²) in [4.78, 5) is 19.6. The molecule has 0 bridgehead atoms. The van der Waals surface area contributed by atoms with Gasteiger partial charge in [0.15, 0.2) is 0 Å². The monoisotopic (exact) mass is 387 g/mol. The van der Waals surface area contributed by atoms with Gasteiger partial charge < -0.3 is 9.42 Å². The Labute approximate surface area is 161 Å². The molecule has 3 aromatic rings. The van der Waals surface area contributed by atoms with Crippen molar-refractivity contribution in [1.29, 1.82) is 0 Å². The summed E-state index contributed by atoms with van der Waals surface area (Å²) in [6.45, 7) is 2.13. The van der Waals surface area contributed by atoms with Gasteiger partial charge in [-0.25, -0.2) is 0 Å². The van der Waals surface area contributed by atoms with Crippen LogP contribution in [0.1, 0.15) is 12.8 Å². The maximum absolute atomic E-state index is 12.6. The summed E-state index contributed by atoms with van der Waals surface area (Å²) >= 11 is 7.67. The lowest BCUT2D eigenvalue weighted by Gasteiger charge is -2.19. The van der Waals surface area contributed by atoms with Crippen molar-refractivity contribution >= 4 is 29.3 Å². The number of hydrogen-bond donors (Lipinski definition) is 0. The molecule has 5 nitrogen and oxygen atoms in total. The minimum absolute atomic E-state index is 0.00338. The fraction of sp³-hybridized carbons (Fsp3) is 0.211. The van der Waals surface area contributed by atoms with Crippen molar-refractivity contribution in [3.05, 3.63) is 65.5 Å². The molecule has 0 aliphatic heterocycles. The lowest BCUT2D eigenvalue weighted by atomic mass is 10.2. The second-order valence-electron chi connectivity index (χ2n) is 5.76. The van der Waals surface area contributed by atoms with E-state index < -0.39 is 0 Å². The number of thioether (sulfide) groups is 1. The lowest BCUT2D eigenvalue weighted by molar-refractivity contribution is -0.129. The van der Waals surface area contributed by atoms with Crippen molar-refractivity contribution in [2.75, 3.05) is 7.05 Å². The van der Waals surface area contributed by atoms with Gasteiger partial charge in [-0.3, -0.25) is 4.79 Å². The highest BCUT2D eigenvalue weighted by Crippen LogP contribution is 2.26. The molecule has 0 N–H and O–H groups in total. The molecular formula is C19H18ClN3O2S. The predicted octanol–water partition coefficient (Wildman–Crippen LogP) is 4.53. The zero-order valence-electron chi connectivity index (χ0n) is 14.4. The van der Waals surface area contributed by atoms with Gasteiger partial charge in [-0.1, -0.05) is 47.1 Å². The van der Waals surface area contributed by atoms with Gasteiger partial charge >= 0.3 is 0 Å². The van der Waals surface area contributed by atoms with E-state index in [0.717, 1.165) is 4.90 Å². The molecule has 0 saturated heterocycles. The molecule has 1 amide bonds. The van der Waals surface area contributed by atoms with Crippen LogP contribution in [0, 0.1) is 0 Å². The van der Waals surface area contributed by atoms with Crippen LogP contribution >= 0.6 is 23.4 Å².